The third kappa shape index (κ3) is 3.50. The lowest BCUT2D eigenvalue weighted by atomic mass is 10.0. The number of hydrogen-bond acceptors (Lipinski definition) is 2. The van der Waals surface area contributed by atoms with Crippen molar-refractivity contribution in [1.82, 2.24) is 15.1 Å². The van der Waals surface area contributed by atoms with Gasteiger partial charge in [-0.25, -0.2) is 4.39 Å². The molecule has 3 nitrogen and oxygen atoms in total. The number of hydrogen-bond donors (Lipinski definition) is 1. The normalized spacial score (nSPS) is 12.6. The molecule has 1 atom stereocenters. The van der Waals surface area contributed by atoms with Crippen molar-refractivity contribution >= 4 is 0 Å². The van der Waals surface area contributed by atoms with Crippen molar-refractivity contribution in [3.05, 3.63) is 52.6 Å². The highest BCUT2D eigenvalue weighted by Crippen LogP contribution is 2.24. The molecule has 114 valence electrons. The first-order valence-electron chi connectivity index (χ1n) is 7.58. The lowest BCUT2D eigenvalue weighted by Gasteiger charge is -2.16. The van der Waals surface area contributed by atoms with Gasteiger partial charge >= 0.3 is 0 Å². The van der Waals surface area contributed by atoms with E-state index < -0.39 is 0 Å². The second-order valence-electron chi connectivity index (χ2n) is 5.39. The van der Waals surface area contributed by atoms with Gasteiger partial charge in [-0.1, -0.05) is 26.0 Å². The van der Waals surface area contributed by atoms with Crippen molar-refractivity contribution in [3.63, 3.8) is 0 Å². The SMILES string of the molecule is CCNC(CC)c1c(C)nn(Cc2cccc(F)c2)c1C. The summed E-state index contributed by atoms with van der Waals surface area (Å²) in [6, 6.07) is 7.04. The van der Waals surface area contributed by atoms with E-state index in [2.05, 4.69) is 31.2 Å². The van der Waals surface area contributed by atoms with Gasteiger partial charge in [0.15, 0.2) is 0 Å². The molecule has 21 heavy (non-hydrogen) atoms. The molecule has 1 unspecified atom stereocenters. The molecule has 0 saturated carbocycles. The number of nitrogens with one attached hydrogen (secondary N) is 1. The Morgan fingerprint density at radius 3 is 2.67 bits per heavy atom. The van der Waals surface area contributed by atoms with Gasteiger partial charge in [-0.05, 0) is 44.5 Å². The molecular formula is C17H24FN3. The summed E-state index contributed by atoms with van der Waals surface area (Å²) < 4.78 is 15.3. The van der Waals surface area contributed by atoms with Crippen LogP contribution < -0.4 is 5.32 Å². The van der Waals surface area contributed by atoms with Crippen LogP contribution in [0.3, 0.4) is 0 Å². The Labute approximate surface area is 126 Å². The van der Waals surface area contributed by atoms with E-state index >= 15 is 0 Å². The summed E-state index contributed by atoms with van der Waals surface area (Å²) in [4.78, 5) is 0. The van der Waals surface area contributed by atoms with Crippen LogP contribution in [-0.2, 0) is 6.54 Å². The average Bonchev–Trinajstić information content (AvgIpc) is 2.71. The number of benzene rings is 1. The maximum Gasteiger partial charge on any atom is 0.123 e. The number of nitrogens with zero attached hydrogens (tertiary/aromatic N) is 2. The van der Waals surface area contributed by atoms with Gasteiger partial charge < -0.3 is 5.32 Å². The van der Waals surface area contributed by atoms with Crippen LogP contribution in [-0.4, -0.2) is 16.3 Å². The van der Waals surface area contributed by atoms with Crippen molar-refractivity contribution in [2.75, 3.05) is 6.54 Å². The second kappa shape index (κ2) is 6.85. The summed E-state index contributed by atoms with van der Waals surface area (Å²) in [6.07, 6.45) is 1.03. The van der Waals surface area contributed by atoms with E-state index in [-0.39, 0.29) is 5.82 Å². The molecule has 2 rings (SSSR count). The highest BCUT2D eigenvalue weighted by Gasteiger charge is 2.19. The van der Waals surface area contributed by atoms with Crippen molar-refractivity contribution in [2.45, 2.75) is 46.7 Å². The van der Waals surface area contributed by atoms with E-state index in [1.54, 1.807) is 12.1 Å². The number of aromatic nitrogens is 2. The molecule has 0 spiro atoms. The Hall–Kier alpha value is -1.68. The van der Waals surface area contributed by atoms with Gasteiger partial charge in [-0.15, -0.1) is 0 Å². The Bertz CT molecular complexity index is 604. The van der Waals surface area contributed by atoms with Crippen molar-refractivity contribution in [2.24, 2.45) is 0 Å². The van der Waals surface area contributed by atoms with E-state index in [4.69, 9.17) is 0 Å². The first-order chi connectivity index (χ1) is 10.1. The molecule has 0 saturated heterocycles. The van der Waals surface area contributed by atoms with Gasteiger partial charge in [0.2, 0.25) is 0 Å². The highest BCUT2D eigenvalue weighted by molar-refractivity contribution is 5.29. The van der Waals surface area contributed by atoms with Crippen LogP contribution in [0.5, 0.6) is 0 Å². The van der Waals surface area contributed by atoms with E-state index in [1.807, 2.05) is 17.7 Å². The van der Waals surface area contributed by atoms with Crippen LogP contribution in [0, 0.1) is 19.7 Å². The van der Waals surface area contributed by atoms with Gasteiger partial charge in [0.25, 0.3) is 0 Å². The monoisotopic (exact) mass is 289 g/mol. The van der Waals surface area contributed by atoms with Crippen LogP contribution in [0.1, 0.15) is 48.8 Å². The Kier molecular flexibility index (Phi) is 5.12. The molecule has 0 aliphatic carbocycles. The molecule has 0 amide bonds. The van der Waals surface area contributed by atoms with Crippen LogP contribution in [0.4, 0.5) is 4.39 Å². The lowest BCUT2D eigenvalue weighted by Crippen LogP contribution is -2.21. The molecule has 1 N–H and O–H groups in total. The van der Waals surface area contributed by atoms with Crippen LogP contribution in [0.15, 0.2) is 24.3 Å². The van der Waals surface area contributed by atoms with Crippen LogP contribution in [0.2, 0.25) is 0 Å². The van der Waals surface area contributed by atoms with E-state index in [0.717, 1.165) is 29.9 Å². The lowest BCUT2D eigenvalue weighted by molar-refractivity contribution is 0.531. The zero-order valence-corrected chi connectivity index (χ0v) is 13.3. The summed E-state index contributed by atoms with van der Waals surface area (Å²) in [7, 11) is 0. The topological polar surface area (TPSA) is 29.9 Å². The fraction of sp³-hybridized carbons (Fsp3) is 0.471. The average molecular weight is 289 g/mol. The maximum absolute atomic E-state index is 13.3. The van der Waals surface area contributed by atoms with Gasteiger partial charge in [-0.3, -0.25) is 4.68 Å². The number of halogens is 1. The molecule has 0 aliphatic heterocycles. The van der Waals surface area contributed by atoms with E-state index in [1.165, 1.54) is 11.6 Å². The third-order valence-corrected chi connectivity index (χ3v) is 3.87. The smallest absolute Gasteiger partial charge is 0.123 e. The summed E-state index contributed by atoms with van der Waals surface area (Å²) >= 11 is 0. The predicted molar refractivity (Wildman–Crippen MR) is 83.9 cm³/mol. The fourth-order valence-electron chi connectivity index (χ4n) is 2.87. The minimum absolute atomic E-state index is 0.201. The maximum atomic E-state index is 13.3. The second-order valence-corrected chi connectivity index (χ2v) is 5.39. The predicted octanol–water partition coefficient (Wildman–Crippen LogP) is 3.75. The van der Waals surface area contributed by atoms with Crippen LogP contribution >= 0.6 is 0 Å². The minimum Gasteiger partial charge on any atom is -0.310 e. The van der Waals surface area contributed by atoms with E-state index in [9.17, 15) is 4.39 Å². The highest BCUT2D eigenvalue weighted by atomic mass is 19.1. The van der Waals surface area contributed by atoms with Gasteiger partial charge in [0.1, 0.15) is 5.82 Å². The molecule has 1 aromatic heterocycles. The number of rotatable bonds is 6. The number of aryl methyl sites for hydroxylation is 1. The summed E-state index contributed by atoms with van der Waals surface area (Å²) in [6.45, 7) is 9.97. The summed E-state index contributed by atoms with van der Waals surface area (Å²) in [5, 5.41) is 8.14. The minimum atomic E-state index is -0.201. The van der Waals surface area contributed by atoms with Crippen molar-refractivity contribution in [3.8, 4) is 0 Å². The largest absolute Gasteiger partial charge is 0.310 e. The standard InChI is InChI=1S/C17H24FN3/c1-5-16(19-6-2)17-12(3)20-21(13(17)4)11-14-8-7-9-15(18)10-14/h7-10,16,19H,5-6,11H2,1-4H3. The zero-order valence-electron chi connectivity index (χ0n) is 13.3. The molecule has 0 aliphatic rings. The van der Waals surface area contributed by atoms with Crippen molar-refractivity contribution < 1.29 is 4.39 Å². The van der Waals surface area contributed by atoms with Gasteiger partial charge in [0.05, 0.1) is 12.2 Å². The molecule has 0 bridgehead atoms. The van der Waals surface area contributed by atoms with Crippen LogP contribution in [0.25, 0.3) is 0 Å². The Morgan fingerprint density at radius 1 is 1.29 bits per heavy atom. The quantitative estimate of drug-likeness (QED) is 0.877. The van der Waals surface area contributed by atoms with Gasteiger partial charge in [0, 0.05) is 17.3 Å². The molecule has 0 fully saturated rings. The molecule has 0 radical (unpaired) electrons. The first-order valence-corrected chi connectivity index (χ1v) is 7.58. The Morgan fingerprint density at radius 2 is 2.05 bits per heavy atom. The first kappa shape index (κ1) is 15.7. The van der Waals surface area contributed by atoms with E-state index in [0.29, 0.717) is 12.6 Å². The molecule has 1 aromatic carbocycles. The summed E-state index contributed by atoms with van der Waals surface area (Å²) in [5.74, 6) is -0.201. The molecule has 2 aromatic rings. The molecule has 4 heteroatoms. The zero-order chi connectivity index (χ0) is 15.4. The fourth-order valence-corrected chi connectivity index (χ4v) is 2.87. The molecule has 1 heterocycles. The Balaban J connectivity index is 2.30. The van der Waals surface area contributed by atoms with Crippen molar-refractivity contribution in [1.29, 1.82) is 0 Å². The summed E-state index contributed by atoms with van der Waals surface area (Å²) in [5.41, 5.74) is 4.42. The molecular weight excluding hydrogens is 265 g/mol. The third-order valence-electron chi connectivity index (χ3n) is 3.87. The van der Waals surface area contributed by atoms with Gasteiger partial charge in [-0.2, -0.15) is 5.10 Å².